The van der Waals surface area contributed by atoms with Gasteiger partial charge in [0.1, 0.15) is 0 Å². The molecule has 1 saturated heterocycles. The highest BCUT2D eigenvalue weighted by molar-refractivity contribution is 6.09. The number of hydrogen-bond donors (Lipinski definition) is 1. The van der Waals surface area contributed by atoms with Crippen LogP contribution in [0.2, 0.25) is 0 Å². The molecule has 4 nitrogen and oxygen atoms in total. The lowest BCUT2D eigenvalue weighted by Gasteiger charge is -2.28. The number of amides is 1. The maximum Gasteiger partial charge on any atom is 0.228 e. The van der Waals surface area contributed by atoms with Crippen LogP contribution in [0.15, 0.2) is 48.5 Å². The minimum atomic E-state index is -0.0334. The van der Waals surface area contributed by atoms with Gasteiger partial charge in [0.25, 0.3) is 0 Å². The number of ketones is 1. The maximum atomic E-state index is 12.9. The third-order valence-electron chi connectivity index (χ3n) is 5.40. The van der Waals surface area contributed by atoms with Gasteiger partial charge < -0.3 is 10.2 Å². The number of likely N-dealkylation sites (tertiary alicyclic amines) is 1. The van der Waals surface area contributed by atoms with Crippen molar-refractivity contribution in [1.82, 2.24) is 4.90 Å². The molecule has 1 fully saturated rings. The number of hydrogen-bond acceptors (Lipinski definition) is 3. The van der Waals surface area contributed by atoms with Crippen LogP contribution in [0, 0.1) is 5.92 Å². The van der Waals surface area contributed by atoms with Crippen molar-refractivity contribution in [2.24, 2.45) is 5.92 Å². The zero-order valence-electron chi connectivity index (χ0n) is 17.3. The van der Waals surface area contributed by atoms with Gasteiger partial charge in [-0.2, -0.15) is 0 Å². The van der Waals surface area contributed by atoms with Crippen molar-refractivity contribution in [1.29, 1.82) is 0 Å². The average Bonchev–Trinajstić information content (AvgIpc) is 2.67. The van der Waals surface area contributed by atoms with Crippen LogP contribution >= 0.6 is 0 Å². The van der Waals surface area contributed by atoms with Crippen molar-refractivity contribution in [2.45, 2.75) is 39.0 Å². The fraction of sp³-hybridized carbons (Fsp3) is 0.417. The molecule has 1 aliphatic heterocycles. The standard InChI is InChI=1S/C24H30N2O2/c1-24(2,3)20-12-10-17(11-13-20)22(27)18-7-5-9-21(15-18)25-23(28)19-8-6-14-26(4)16-19/h5,7,9-13,15,19H,6,8,14,16H2,1-4H3,(H,25,28)/t19-/m0/s1. The Balaban J connectivity index is 1.72. The number of piperidine rings is 1. The van der Waals surface area contributed by atoms with Crippen molar-refractivity contribution in [3.63, 3.8) is 0 Å². The molecule has 2 aromatic rings. The van der Waals surface area contributed by atoms with Crippen molar-refractivity contribution in [2.75, 3.05) is 25.5 Å². The van der Waals surface area contributed by atoms with Crippen molar-refractivity contribution >= 4 is 17.4 Å². The number of nitrogens with zero attached hydrogens (tertiary/aromatic N) is 1. The van der Waals surface area contributed by atoms with Gasteiger partial charge in [0.2, 0.25) is 5.91 Å². The number of anilines is 1. The van der Waals surface area contributed by atoms with E-state index in [2.05, 4.69) is 31.0 Å². The first-order valence-electron chi connectivity index (χ1n) is 9.99. The SMILES string of the molecule is CN1CCC[C@H](C(=O)Nc2cccc(C(=O)c3ccc(C(C)(C)C)cc3)c2)C1. The molecule has 4 heteroatoms. The molecule has 0 saturated carbocycles. The smallest absolute Gasteiger partial charge is 0.228 e. The summed E-state index contributed by atoms with van der Waals surface area (Å²) < 4.78 is 0. The third-order valence-corrected chi connectivity index (χ3v) is 5.40. The molecule has 1 heterocycles. The van der Waals surface area contributed by atoms with E-state index in [1.807, 2.05) is 43.4 Å². The Hall–Kier alpha value is -2.46. The lowest BCUT2D eigenvalue weighted by Crippen LogP contribution is -2.38. The van der Waals surface area contributed by atoms with Gasteiger partial charge in [0.05, 0.1) is 5.92 Å². The first-order chi connectivity index (χ1) is 13.2. The summed E-state index contributed by atoms with van der Waals surface area (Å²) in [5.74, 6) is 0.00249. The summed E-state index contributed by atoms with van der Waals surface area (Å²) in [5, 5.41) is 2.99. The first-order valence-corrected chi connectivity index (χ1v) is 9.99. The van der Waals surface area contributed by atoms with Crippen LogP contribution < -0.4 is 5.32 Å². The predicted octanol–water partition coefficient (Wildman–Crippen LogP) is 4.50. The van der Waals surface area contributed by atoms with Crippen LogP contribution in [0.25, 0.3) is 0 Å². The molecule has 28 heavy (non-hydrogen) atoms. The molecule has 3 rings (SSSR count). The molecule has 0 unspecified atom stereocenters. The normalized spacial score (nSPS) is 17.9. The predicted molar refractivity (Wildman–Crippen MR) is 114 cm³/mol. The van der Waals surface area contributed by atoms with Gasteiger partial charge in [-0.3, -0.25) is 9.59 Å². The maximum absolute atomic E-state index is 12.9. The van der Waals surface area contributed by atoms with Gasteiger partial charge >= 0.3 is 0 Å². The Labute approximate surface area is 167 Å². The summed E-state index contributed by atoms with van der Waals surface area (Å²) in [4.78, 5) is 27.6. The number of carbonyl (C=O) groups excluding carboxylic acids is 2. The van der Waals surface area contributed by atoms with E-state index in [4.69, 9.17) is 0 Å². The average molecular weight is 379 g/mol. The van der Waals surface area contributed by atoms with Gasteiger partial charge in [-0.25, -0.2) is 0 Å². The van der Waals surface area contributed by atoms with Gasteiger partial charge in [0, 0.05) is 23.4 Å². The lowest BCUT2D eigenvalue weighted by molar-refractivity contribution is -0.121. The van der Waals surface area contributed by atoms with Crippen LogP contribution in [0.3, 0.4) is 0 Å². The quantitative estimate of drug-likeness (QED) is 0.797. The Morgan fingerprint density at radius 2 is 1.75 bits per heavy atom. The molecule has 0 radical (unpaired) electrons. The number of nitrogens with one attached hydrogen (secondary N) is 1. The molecule has 1 atom stereocenters. The molecule has 0 bridgehead atoms. The zero-order valence-corrected chi connectivity index (χ0v) is 17.3. The largest absolute Gasteiger partial charge is 0.326 e. The minimum absolute atomic E-state index is 0.00282. The highest BCUT2D eigenvalue weighted by atomic mass is 16.2. The van der Waals surface area contributed by atoms with Crippen molar-refractivity contribution in [3.05, 3.63) is 65.2 Å². The van der Waals surface area contributed by atoms with E-state index in [1.165, 1.54) is 5.56 Å². The number of benzene rings is 2. The summed E-state index contributed by atoms with van der Waals surface area (Å²) in [6.45, 7) is 8.28. The van der Waals surface area contributed by atoms with Crippen LogP contribution in [-0.4, -0.2) is 36.7 Å². The van der Waals surface area contributed by atoms with E-state index in [0.717, 1.165) is 25.9 Å². The molecular formula is C24H30N2O2. The summed E-state index contributed by atoms with van der Waals surface area (Å²) in [6, 6.07) is 15.0. The Kier molecular flexibility index (Phi) is 5.99. The van der Waals surface area contributed by atoms with E-state index < -0.39 is 0 Å². The monoisotopic (exact) mass is 378 g/mol. The summed E-state index contributed by atoms with van der Waals surface area (Å²) in [7, 11) is 2.05. The van der Waals surface area contributed by atoms with Gasteiger partial charge in [0.15, 0.2) is 5.78 Å². The molecule has 1 amide bonds. The van der Waals surface area contributed by atoms with E-state index >= 15 is 0 Å². The molecule has 1 aliphatic rings. The highest BCUT2D eigenvalue weighted by Crippen LogP contribution is 2.24. The summed E-state index contributed by atoms with van der Waals surface area (Å²) >= 11 is 0. The van der Waals surface area contributed by atoms with Gasteiger partial charge in [-0.05, 0) is 49.5 Å². The van der Waals surface area contributed by atoms with E-state index in [9.17, 15) is 9.59 Å². The lowest BCUT2D eigenvalue weighted by atomic mass is 9.86. The molecule has 1 N–H and O–H groups in total. The second-order valence-corrected chi connectivity index (χ2v) is 8.83. The first kappa shape index (κ1) is 20.3. The number of carbonyl (C=O) groups is 2. The van der Waals surface area contributed by atoms with E-state index in [1.54, 1.807) is 12.1 Å². The Bertz CT molecular complexity index is 850. The Morgan fingerprint density at radius 3 is 2.39 bits per heavy atom. The number of rotatable bonds is 4. The molecular weight excluding hydrogens is 348 g/mol. The van der Waals surface area contributed by atoms with E-state index in [0.29, 0.717) is 16.8 Å². The minimum Gasteiger partial charge on any atom is -0.326 e. The topological polar surface area (TPSA) is 49.4 Å². The Morgan fingerprint density at radius 1 is 1.04 bits per heavy atom. The third kappa shape index (κ3) is 4.87. The molecule has 0 aromatic heterocycles. The van der Waals surface area contributed by atoms with Crippen molar-refractivity contribution < 1.29 is 9.59 Å². The second-order valence-electron chi connectivity index (χ2n) is 8.83. The fourth-order valence-electron chi connectivity index (χ4n) is 3.65. The molecule has 148 valence electrons. The van der Waals surface area contributed by atoms with Crippen LogP contribution in [0.1, 0.15) is 55.1 Å². The zero-order chi connectivity index (χ0) is 20.3. The van der Waals surface area contributed by atoms with Crippen LogP contribution in [0.4, 0.5) is 5.69 Å². The summed E-state index contributed by atoms with van der Waals surface area (Å²) in [5.41, 5.74) is 3.17. The molecule has 0 spiro atoms. The van der Waals surface area contributed by atoms with Crippen molar-refractivity contribution in [3.8, 4) is 0 Å². The van der Waals surface area contributed by atoms with Gasteiger partial charge in [-0.1, -0.05) is 57.2 Å². The summed E-state index contributed by atoms with van der Waals surface area (Å²) in [6.07, 6.45) is 1.95. The highest BCUT2D eigenvalue weighted by Gasteiger charge is 2.24. The van der Waals surface area contributed by atoms with Gasteiger partial charge in [-0.15, -0.1) is 0 Å². The molecule has 0 aliphatic carbocycles. The second kappa shape index (κ2) is 8.27. The van der Waals surface area contributed by atoms with E-state index in [-0.39, 0.29) is 23.0 Å². The molecule has 2 aromatic carbocycles. The van der Waals surface area contributed by atoms with Crippen LogP contribution in [-0.2, 0) is 10.2 Å². The fourth-order valence-corrected chi connectivity index (χ4v) is 3.65. The van der Waals surface area contributed by atoms with Crippen LogP contribution in [0.5, 0.6) is 0 Å².